The molecule has 1 heterocycles. The number of halogens is 2. The quantitative estimate of drug-likeness (QED) is 0.622. The average Bonchev–Trinajstić information content (AvgIpc) is 2.74. The van der Waals surface area contributed by atoms with Crippen molar-refractivity contribution in [2.24, 2.45) is 0 Å². The Kier molecular flexibility index (Phi) is 7.07. The SMILES string of the molecule is O=C(CCNS(=O)(=O)c1cccc(F)c1)N1CCC(S(=O)(=O)c2ccc(F)cc2)CC1. The van der Waals surface area contributed by atoms with Crippen LogP contribution in [0.5, 0.6) is 0 Å². The van der Waals surface area contributed by atoms with Gasteiger partial charge in [-0.2, -0.15) is 0 Å². The van der Waals surface area contributed by atoms with E-state index in [1.807, 2.05) is 0 Å². The fourth-order valence-corrected chi connectivity index (χ4v) is 6.19. The lowest BCUT2D eigenvalue weighted by Gasteiger charge is -2.31. The van der Waals surface area contributed by atoms with Crippen LogP contribution in [0.15, 0.2) is 58.3 Å². The van der Waals surface area contributed by atoms with Crippen molar-refractivity contribution in [3.8, 4) is 0 Å². The monoisotopic (exact) mass is 472 g/mol. The van der Waals surface area contributed by atoms with Crippen molar-refractivity contribution in [3.63, 3.8) is 0 Å². The Bertz CT molecular complexity index is 1140. The number of likely N-dealkylation sites (tertiary alicyclic amines) is 1. The van der Waals surface area contributed by atoms with Gasteiger partial charge in [-0.05, 0) is 55.3 Å². The Morgan fingerprint density at radius 3 is 2.19 bits per heavy atom. The van der Waals surface area contributed by atoms with Crippen LogP contribution in [0.25, 0.3) is 0 Å². The molecule has 2 aromatic rings. The van der Waals surface area contributed by atoms with E-state index in [1.54, 1.807) is 0 Å². The molecule has 0 unspecified atom stereocenters. The van der Waals surface area contributed by atoms with Gasteiger partial charge in [0.2, 0.25) is 15.9 Å². The molecular weight excluding hydrogens is 450 g/mol. The highest BCUT2D eigenvalue weighted by Gasteiger charge is 2.32. The Morgan fingerprint density at radius 1 is 0.935 bits per heavy atom. The summed E-state index contributed by atoms with van der Waals surface area (Å²) in [6.07, 6.45) is 0.366. The third-order valence-electron chi connectivity index (χ3n) is 5.11. The fourth-order valence-electron chi connectivity index (χ4n) is 3.40. The Morgan fingerprint density at radius 2 is 1.58 bits per heavy atom. The molecule has 0 aromatic heterocycles. The van der Waals surface area contributed by atoms with Gasteiger partial charge in [-0.25, -0.2) is 30.3 Å². The van der Waals surface area contributed by atoms with Gasteiger partial charge in [0.25, 0.3) is 0 Å². The van der Waals surface area contributed by atoms with Crippen molar-refractivity contribution in [2.45, 2.75) is 34.3 Å². The summed E-state index contributed by atoms with van der Waals surface area (Å²) in [5.74, 6) is -1.51. The first-order valence-electron chi connectivity index (χ1n) is 9.62. The smallest absolute Gasteiger partial charge is 0.240 e. The minimum absolute atomic E-state index is 0.0467. The van der Waals surface area contributed by atoms with E-state index in [2.05, 4.69) is 4.72 Å². The van der Waals surface area contributed by atoms with Gasteiger partial charge in [0.1, 0.15) is 11.6 Å². The van der Waals surface area contributed by atoms with E-state index in [1.165, 1.54) is 29.2 Å². The number of benzene rings is 2. The number of carbonyl (C=O) groups excluding carboxylic acids is 1. The summed E-state index contributed by atoms with van der Waals surface area (Å²) < 4.78 is 78.2. The van der Waals surface area contributed by atoms with Crippen LogP contribution < -0.4 is 4.72 Å². The van der Waals surface area contributed by atoms with Crippen LogP contribution in [0.4, 0.5) is 8.78 Å². The number of carbonyl (C=O) groups is 1. The normalized spacial score (nSPS) is 15.7. The molecule has 3 rings (SSSR count). The van der Waals surface area contributed by atoms with Crippen molar-refractivity contribution in [3.05, 3.63) is 60.2 Å². The number of sulfone groups is 1. The van der Waals surface area contributed by atoms with Crippen molar-refractivity contribution < 1.29 is 30.4 Å². The highest BCUT2D eigenvalue weighted by Crippen LogP contribution is 2.25. The van der Waals surface area contributed by atoms with Gasteiger partial charge in [-0.15, -0.1) is 0 Å². The molecular formula is C20H22F2N2O5S2. The predicted molar refractivity (Wildman–Crippen MR) is 109 cm³/mol. The summed E-state index contributed by atoms with van der Waals surface area (Å²) in [6.45, 7) is 0.284. The van der Waals surface area contributed by atoms with Gasteiger partial charge in [0.15, 0.2) is 9.84 Å². The lowest BCUT2D eigenvalue weighted by Crippen LogP contribution is -2.43. The van der Waals surface area contributed by atoms with E-state index in [-0.39, 0.29) is 54.6 Å². The largest absolute Gasteiger partial charge is 0.343 e. The summed E-state index contributed by atoms with van der Waals surface area (Å²) in [6, 6.07) is 9.18. The first-order chi connectivity index (χ1) is 14.6. The van der Waals surface area contributed by atoms with Crippen molar-refractivity contribution in [1.82, 2.24) is 9.62 Å². The second-order valence-electron chi connectivity index (χ2n) is 7.18. The summed E-state index contributed by atoms with van der Waals surface area (Å²) in [5, 5.41) is -0.673. The zero-order valence-electron chi connectivity index (χ0n) is 16.5. The van der Waals surface area contributed by atoms with E-state index in [0.717, 1.165) is 24.3 Å². The van der Waals surface area contributed by atoms with Crippen molar-refractivity contribution in [1.29, 1.82) is 0 Å². The maximum absolute atomic E-state index is 13.2. The Hall–Kier alpha value is -2.37. The lowest BCUT2D eigenvalue weighted by atomic mass is 10.1. The third-order valence-corrected chi connectivity index (χ3v) is 8.85. The van der Waals surface area contributed by atoms with Crippen LogP contribution in [0.3, 0.4) is 0 Å². The molecule has 1 N–H and O–H groups in total. The van der Waals surface area contributed by atoms with Gasteiger partial charge in [-0.1, -0.05) is 6.07 Å². The van der Waals surface area contributed by atoms with Gasteiger partial charge in [0.05, 0.1) is 15.0 Å². The number of piperidine rings is 1. The maximum atomic E-state index is 13.2. The highest BCUT2D eigenvalue weighted by molar-refractivity contribution is 7.92. The zero-order chi connectivity index (χ0) is 22.6. The fraction of sp³-hybridized carbons (Fsp3) is 0.350. The minimum atomic E-state index is -3.94. The van der Waals surface area contributed by atoms with Crippen LogP contribution in [0.2, 0.25) is 0 Å². The number of sulfonamides is 1. The zero-order valence-corrected chi connectivity index (χ0v) is 18.1. The van der Waals surface area contributed by atoms with Crippen molar-refractivity contribution in [2.75, 3.05) is 19.6 Å². The molecule has 7 nitrogen and oxygen atoms in total. The molecule has 1 aliphatic rings. The number of hydrogen-bond acceptors (Lipinski definition) is 5. The molecule has 2 aromatic carbocycles. The van der Waals surface area contributed by atoms with Crippen LogP contribution in [0.1, 0.15) is 19.3 Å². The van der Waals surface area contributed by atoms with Gasteiger partial charge >= 0.3 is 0 Å². The maximum Gasteiger partial charge on any atom is 0.240 e. The molecule has 0 bridgehead atoms. The second kappa shape index (κ2) is 9.41. The second-order valence-corrected chi connectivity index (χ2v) is 11.2. The van der Waals surface area contributed by atoms with Gasteiger partial charge < -0.3 is 4.90 Å². The van der Waals surface area contributed by atoms with Gasteiger partial charge in [-0.3, -0.25) is 4.79 Å². The van der Waals surface area contributed by atoms with Crippen molar-refractivity contribution >= 4 is 25.8 Å². The lowest BCUT2D eigenvalue weighted by molar-refractivity contribution is -0.131. The topological polar surface area (TPSA) is 101 Å². The summed E-state index contributed by atoms with van der Waals surface area (Å²) in [4.78, 5) is 13.7. The molecule has 1 amide bonds. The third kappa shape index (κ3) is 5.66. The van der Waals surface area contributed by atoms with E-state index in [9.17, 15) is 30.4 Å². The number of nitrogens with one attached hydrogen (secondary N) is 1. The van der Waals surface area contributed by atoms with Gasteiger partial charge in [0, 0.05) is 26.1 Å². The molecule has 0 saturated carbocycles. The summed E-state index contributed by atoms with van der Waals surface area (Å²) >= 11 is 0. The number of hydrogen-bond donors (Lipinski definition) is 1. The minimum Gasteiger partial charge on any atom is -0.343 e. The molecule has 168 valence electrons. The molecule has 0 atom stereocenters. The molecule has 1 fully saturated rings. The first-order valence-corrected chi connectivity index (χ1v) is 12.6. The molecule has 11 heteroatoms. The molecule has 0 aliphatic carbocycles. The Labute approximate surface area is 180 Å². The first kappa shape index (κ1) is 23.3. The summed E-state index contributed by atoms with van der Waals surface area (Å²) in [5.41, 5.74) is 0. The predicted octanol–water partition coefficient (Wildman–Crippen LogP) is 2.10. The Balaban J connectivity index is 1.51. The van der Waals surface area contributed by atoms with Crippen LogP contribution in [-0.2, 0) is 24.7 Å². The van der Waals surface area contributed by atoms with Crippen LogP contribution in [0, 0.1) is 11.6 Å². The van der Waals surface area contributed by atoms with E-state index in [0.29, 0.717) is 0 Å². The number of amides is 1. The molecule has 0 radical (unpaired) electrons. The summed E-state index contributed by atoms with van der Waals surface area (Å²) in [7, 11) is -7.56. The number of nitrogens with zero attached hydrogens (tertiary/aromatic N) is 1. The van der Waals surface area contributed by atoms with Crippen LogP contribution in [-0.4, -0.2) is 52.5 Å². The van der Waals surface area contributed by atoms with E-state index in [4.69, 9.17) is 0 Å². The molecule has 31 heavy (non-hydrogen) atoms. The highest BCUT2D eigenvalue weighted by atomic mass is 32.2. The van der Waals surface area contributed by atoms with Crippen LogP contribution >= 0.6 is 0 Å². The molecule has 1 saturated heterocycles. The van der Waals surface area contributed by atoms with E-state index < -0.39 is 36.7 Å². The average molecular weight is 473 g/mol. The molecule has 1 aliphatic heterocycles. The van der Waals surface area contributed by atoms with E-state index >= 15 is 0 Å². The number of rotatable bonds is 7. The standard InChI is InChI=1S/C20H22F2N2O5S2/c21-15-4-6-17(7-5-15)30(26,27)18-9-12-24(13-10-18)20(25)8-11-23-31(28,29)19-3-1-2-16(22)14-19/h1-7,14,18,23H,8-13H2. The molecule has 0 spiro atoms.